The van der Waals surface area contributed by atoms with Gasteiger partial charge in [-0.15, -0.1) is 0 Å². The summed E-state index contributed by atoms with van der Waals surface area (Å²) >= 11 is 0. The molecule has 11 heavy (non-hydrogen) atoms. The number of guanidine groups is 1. The summed E-state index contributed by atoms with van der Waals surface area (Å²) in [6.45, 7) is 6.03. The van der Waals surface area contributed by atoms with Gasteiger partial charge < -0.3 is 11.1 Å². The zero-order valence-corrected chi connectivity index (χ0v) is 7.46. The van der Waals surface area contributed by atoms with Crippen LogP contribution in [0.5, 0.6) is 0 Å². The van der Waals surface area contributed by atoms with Crippen molar-refractivity contribution < 1.29 is 0 Å². The molecule has 3 N–H and O–H groups in total. The lowest BCUT2D eigenvalue weighted by Gasteiger charge is -2.00. The summed E-state index contributed by atoms with van der Waals surface area (Å²) < 4.78 is 0. The van der Waals surface area contributed by atoms with E-state index in [1.54, 1.807) is 6.20 Å². The summed E-state index contributed by atoms with van der Waals surface area (Å²) in [7, 11) is 0. The maximum Gasteiger partial charge on any atom is 0.192 e. The normalized spacial score (nSPS) is 12.9. The lowest BCUT2D eigenvalue weighted by atomic mass is 10.4. The molecular weight excluding hydrogens is 138 g/mol. The second kappa shape index (κ2) is 5.77. The predicted molar refractivity (Wildman–Crippen MR) is 49.3 cm³/mol. The van der Waals surface area contributed by atoms with Crippen LogP contribution in [-0.4, -0.2) is 12.0 Å². The predicted octanol–water partition coefficient (Wildman–Crippen LogP) is 1.22. The third kappa shape index (κ3) is 6.90. The Bertz CT molecular complexity index is 147. The Kier molecular flexibility index (Phi) is 5.25. The van der Waals surface area contributed by atoms with Crippen molar-refractivity contribution in [3.63, 3.8) is 0 Å². The van der Waals surface area contributed by atoms with Crippen LogP contribution in [0.1, 0.15) is 27.2 Å². The Morgan fingerprint density at radius 1 is 1.64 bits per heavy atom. The number of nitrogens with two attached hydrogens (primary N) is 1. The van der Waals surface area contributed by atoms with Crippen molar-refractivity contribution in [1.82, 2.24) is 5.32 Å². The second-order valence-electron chi connectivity index (χ2n) is 2.56. The van der Waals surface area contributed by atoms with Gasteiger partial charge in [-0.25, -0.2) is 0 Å². The van der Waals surface area contributed by atoms with Gasteiger partial charge in [-0.1, -0.05) is 13.0 Å². The smallest absolute Gasteiger partial charge is 0.192 e. The highest BCUT2D eigenvalue weighted by Gasteiger charge is 1.88. The summed E-state index contributed by atoms with van der Waals surface area (Å²) in [5.41, 5.74) is 5.50. The molecule has 0 radical (unpaired) electrons. The van der Waals surface area contributed by atoms with E-state index in [9.17, 15) is 0 Å². The SMILES string of the molecule is CC/C=C/NC(N)=NC(C)C. The third-order valence-electron chi connectivity index (χ3n) is 0.982. The van der Waals surface area contributed by atoms with Crippen LogP contribution in [0.15, 0.2) is 17.3 Å². The van der Waals surface area contributed by atoms with Crippen LogP contribution in [0.25, 0.3) is 0 Å². The maximum atomic E-state index is 5.50. The highest BCUT2D eigenvalue weighted by Crippen LogP contribution is 1.83. The Morgan fingerprint density at radius 3 is 2.73 bits per heavy atom. The highest BCUT2D eigenvalue weighted by molar-refractivity contribution is 5.78. The Hall–Kier alpha value is -0.990. The highest BCUT2D eigenvalue weighted by atomic mass is 15.1. The summed E-state index contributed by atoms with van der Waals surface area (Å²) in [6.07, 6.45) is 4.80. The summed E-state index contributed by atoms with van der Waals surface area (Å²) in [6, 6.07) is 0.248. The van der Waals surface area contributed by atoms with Crippen molar-refractivity contribution >= 4 is 5.96 Å². The van der Waals surface area contributed by atoms with Gasteiger partial charge in [0.1, 0.15) is 0 Å². The van der Waals surface area contributed by atoms with Crippen molar-refractivity contribution in [1.29, 1.82) is 0 Å². The molecule has 0 aliphatic carbocycles. The number of nitrogens with zero attached hydrogens (tertiary/aromatic N) is 1. The molecular formula is C8H17N3. The van der Waals surface area contributed by atoms with Gasteiger partial charge in [-0.05, 0) is 26.5 Å². The van der Waals surface area contributed by atoms with Crippen molar-refractivity contribution in [2.75, 3.05) is 0 Å². The molecule has 0 bridgehead atoms. The molecule has 0 aromatic rings. The molecule has 0 fully saturated rings. The molecule has 0 aromatic heterocycles. The second-order valence-corrected chi connectivity index (χ2v) is 2.56. The zero-order chi connectivity index (χ0) is 8.69. The van der Waals surface area contributed by atoms with E-state index < -0.39 is 0 Å². The number of rotatable bonds is 3. The summed E-state index contributed by atoms with van der Waals surface area (Å²) in [5, 5.41) is 2.86. The van der Waals surface area contributed by atoms with E-state index in [1.165, 1.54) is 0 Å². The van der Waals surface area contributed by atoms with Crippen LogP contribution in [0.3, 0.4) is 0 Å². The molecule has 0 unspecified atom stereocenters. The minimum Gasteiger partial charge on any atom is -0.370 e. The minimum atomic E-state index is 0.248. The van der Waals surface area contributed by atoms with Gasteiger partial charge in [0.2, 0.25) is 0 Å². The molecule has 3 heteroatoms. The van der Waals surface area contributed by atoms with Crippen LogP contribution >= 0.6 is 0 Å². The molecule has 0 aliphatic heterocycles. The van der Waals surface area contributed by atoms with Crippen molar-refractivity contribution in [3.05, 3.63) is 12.3 Å². The first-order valence-corrected chi connectivity index (χ1v) is 3.91. The van der Waals surface area contributed by atoms with E-state index in [2.05, 4.69) is 17.2 Å². The fraction of sp³-hybridized carbons (Fsp3) is 0.625. The van der Waals surface area contributed by atoms with E-state index in [4.69, 9.17) is 5.73 Å². The van der Waals surface area contributed by atoms with E-state index in [0.29, 0.717) is 5.96 Å². The lowest BCUT2D eigenvalue weighted by Crippen LogP contribution is -2.28. The topological polar surface area (TPSA) is 50.4 Å². The molecule has 0 amide bonds. The largest absolute Gasteiger partial charge is 0.370 e. The van der Waals surface area contributed by atoms with E-state index >= 15 is 0 Å². The Balaban J connectivity index is 3.68. The molecule has 0 atom stereocenters. The van der Waals surface area contributed by atoms with Crippen molar-refractivity contribution in [2.45, 2.75) is 33.2 Å². The van der Waals surface area contributed by atoms with E-state index in [0.717, 1.165) is 6.42 Å². The quantitative estimate of drug-likeness (QED) is 0.475. The van der Waals surface area contributed by atoms with E-state index in [-0.39, 0.29) is 6.04 Å². The van der Waals surface area contributed by atoms with Gasteiger partial charge >= 0.3 is 0 Å². The zero-order valence-electron chi connectivity index (χ0n) is 7.46. The third-order valence-corrected chi connectivity index (χ3v) is 0.982. The van der Waals surface area contributed by atoms with Gasteiger partial charge in [-0.2, -0.15) is 0 Å². The number of aliphatic imine (C=N–C) groups is 1. The molecule has 64 valence electrons. The molecule has 0 heterocycles. The van der Waals surface area contributed by atoms with Crippen molar-refractivity contribution in [2.24, 2.45) is 10.7 Å². The van der Waals surface area contributed by atoms with E-state index in [1.807, 2.05) is 19.9 Å². The molecule has 0 saturated heterocycles. The van der Waals surface area contributed by atoms with Crippen LogP contribution in [-0.2, 0) is 0 Å². The summed E-state index contributed by atoms with van der Waals surface area (Å²) in [5.74, 6) is 0.477. The average Bonchev–Trinajstić information content (AvgIpc) is 1.86. The molecule has 3 nitrogen and oxygen atoms in total. The number of allylic oxidation sites excluding steroid dienone is 1. The van der Waals surface area contributed by atoms with Gasteiger partial charge in [0, 0.05) is 6.04 Å². The maximum absolute atomic E-state index is 5.50. The Labute approximate surface area is 68.4 Å². The molecule has 0 saturated carbocycles. The van der Waals surface area contributed by atoms with Gasteiger partial charge in [0.25, 0.3) is 0 Å². The number of nitrogens with one attached hydrogen (secondary N) is 1. The first-order valence-electron chi connectivity index (χ1n) is 3.91. The monoisotopic (exact) mass is 155 g/mol. The molecule has 0 spiro atoms. The number of hydrogen-bond acceptors (Lipinski definition) is 1. The van der Waals surface area contributed by atoms with Gasteiger partial charge in [0.15, 0.2) is 5.96 Å². The molecule has 0 aliphatic rings. The Morgan fingerprint density at radius 2 is 2.27 bits per heavy atom. The van der Waals surface area contributed by atoms with Crippen LogP contribution in [0.4, 0.5) is 0 Å². The average molecular weight is 155 g/mol. The van der Waals surface area contributed by atoms with Crippen LogP contribution in [0.2, 0.25) is 0 Å². The molecule has 0 rings (SSSR count). The fourth-order valence-corrected chi connectivity index (χ4v) is 0.578. The van der Waals surface area contributed by atoms with Crippen LogP contribution < -0.4 is 11.1 Å². The standard InChI is InChI=1S/C8H17N3/c1-4-5-6-10-8(9)11-7(2)3/h5-7H,4H2,1-3H3,(H3,9,10,11)/b6-5+. The first-order chi connectivity index (χ1) is 5.16. The van der Waals surface area contributed by atoms with Gasteiger partial charge in [0.05, 0.1) is 0 Å². The van der Waals surface area contributed by atoms with Gasteiger partial charge in [-0.3, -0.25) is 4.99 Å². The summed E-state index contributed by atoms with van der Waals surface area (Å²) in [4.78, 5) is 4.08. The lowest BCUT2D eigenvalue weighted by molar-refractivity contribution is 0.825. The van der Waals surface area contributed by atoms with Crippen LogP contribution in [0, 0.1) is 0 Å². The fourth-order valence-electron chi connectivity index (χ4n) is 0.578. The first kappa shape index (κ1) is 10.0. The number of hydrogen-bond donors (Lipinski definition) is 2. The minimum absolute atomic E-state index is 0.248. The molecule has 0 aromatic carbocycles. The van der Waals surface area contributed by atoms with Crippen molar-refractivity contribution in [3.8, 4) is 0 Å².